The normalized spacial score (nSPS) is 10.2. The second-order valence-corrected chi connectivity index (χ2v) is 5.25. The Hall–Kier alpha value is -2.21. The van der Waals surface area contributed by atoms with Crippen LogP contribution in [0.3, 0.4) is 0 Å². The van der Waals surface area contributed by atoms with Crippen molar-refractivity contribution in [1.29, 1.82) is 0 Å². The van der Waals surface area contributed by atoms with E-state index in [-0.39, 0.29) is 11.7 Å². The quantitative estimate of drug-likeness (QED) is 0.828. The standard InChI is InChI=1S/C14H15N3O2S/c1-9(18)10-3-2-4-11(7-10)16-13(19)6-5-12-8-20-14(15)17-12/h2-4,7-8H,5-6H2,1H3,(H2,15,17)(H,16,19). The number of amides is 1. The van der Waals surface area contributed by atoms with Gasteiger partial charge in [-0.1, -0.05) is 12.1 Å². The van der Waals surface area contributed by atoms with Crippen molar-refractivity contribution in [3.63, 3.8) is 0 Å². The molecule has 0 fully saturated rings. The Bertz CT molecular complexity index is 637. The van der Waals surface area contributed by atoms with Crippen molar-refractivity contribution in [1.82, 2.24) is 4.98 Å². The molecule has 1 heterocycles. The van der Waals surface area contributed by atoms with Gasteiger partial charge in [-0.3, -0.25) is 9.59 Å². The van der Waals surface area contributed by atoms with Crippen LogP contribution < -0.4 is 11.1 Å². The second-order valence-electron chi connectivity index (χ2n) is 4.36. The van der Waals surface area contributed by atoms with E-state index in [9.17, 15) is 9.59 Å². The van der Waals surface area contributed by atoms with E-state index in [2.05, 4.69) is 10.3 Å². The molecular weight excluding hydrogens is 274 g/mol. The Balaban J connectivity index is 1.91. The maximum atomic E-state index is 11.8. The molecule has 0 aliphatic rings. The SMILES string of the molecule is CC(=O)c1cccc(NC(=O)CCc2csc(N)n2)c1. The van der Waals surface area contributed by atoms with Crippen molar-refractivity contribution in [3.05, 3.63) is 40.9 Å². The van der Waals surface area contributed by atoms with E-state index in [0.29, 0.717) is 29.2 Å². The van der Waals surface area contributed by atoms with E-state index < -0.39 is 0 Å². The number of carbonyl (C=O) groups is 2. The molecule has 0 saturated heterocycles. The Morgan fingerprint density at radius 1 is 1.40 bits per heavy atom. The van der Waals surface area contributed by atoms with Gasteiger partial charge in [0.05, 0.1) is 5.69 Å². The first-order valence-electron chi connectivity index (χ1n) is 6.15. The molecule has 0 unspecified atom stereocenters. The number of nitrogens with two attached hydrogens (primary N) is 1. The van der Waals surface area contributed by atoms with Crippen LogP contribution in [0.5, 0.6) is 0 Å². The summed E-state index contributed by atoms with van der Waals surface area (Å²) in [5, 5.41) is 5.12. The zero-order valence-corrected chi connectivity index (χ0v) is 11.9. The number of nitrogens with one attached hydrogen (secondary N) is 1. The van der Waals surface area contributed by atoms with Crippen molar-refractivity contribution in [2.24, 2.45) is 0 Å². The molecule has 0 spiro atoms. The van der Waals surface area contributed by atoms with Gasteiger partial charge in [0.1, 0.15) is 0 Å². The third-order valence-electron chi connectivity index (χ3n) is 2.73. The van der Waals surface area contributed by atoms with Crippen LogP contribution in [0.2, 0.25) is 0 Å². The average Bonchev–Trinajstić information content (AvgIpc) is 2.82. The van der Waals surface area contributed by atoms with Crippen LogP contribution >= 0.6 is 11.3 Å². The molecule has 2 rings (SSSR count). The Labute approximate surface area is 120 Å². The molecule has 2 aromatic rings. The van der Waals surface area contributed by atoms with E-state index in [1.807, 2.05) is 5.38 Å². The summed E-state index contributed by atoms with van der Waals surface area (Å²) in [5.74, 6) is -0.142. The van der Waals surface area contributed by atoms with Crippen LogP contribution in [0.25, 0.3) is 0 Å². The fraction of sp³-hybridized carbons (Fsp3) is 0.214. The Morgan fingerprint density at radius 3 is 2.85 bits per heavy atom. The predicted octanol–water partition coefficient (Wildman–Crippen LogP) is 2.50. The maximum Gasteiger partial charge on any atom is 0.224 e. The van der Waals surface area contributed by atoms with Crippen LogP contribution in [0.1, 0.15) is 29.4 Å². The van der Waals surface area contributed by atoms with Crippen molar-refractivity contribution < 1.29 is 9.59 Å². The smallest absolute Gasteiger partial charge is 0.224 e. The van der Waals surface area contributed by atoms with Gasteiger partial charge in [-0.15, -0.1) is 11.3 Å². The first kappa shape index (κ1) is 14.2. The van der Waals surface area contributed by atoms with E-state index >= 15 is 0 Å². The number of hydrogen-bond donors (Lipinski definition) is 2. The van der Waals surface area contributed by atoms with Crippen LogP contribution in [-0.4, -0.2) is 16.7 Å². The Morgan fingerprint density at radius 2 is 2.20 bits per heavy atom. The number of nitrogen functional groups attached to an aromatic ring is 1. The van der Waals surface area contributed by atoms with Gasteiger partial charge < -0.3 is 11.1 Å². The number of carbonyl (C=O) groups excluding carboxylic acids is 2. The van der Waals surface area contributed by atoms with Gasteiger partial charge >= 0.3 is 0 Å². The molecule has 6 heteroatoms. The fourth-order valence-corrected chi connectivity index (χ4v) is 2.32. The molecular formula is C14H15N3O2S. The van der Waals surface area contributed by atoms with E-state index in [0.717, 1.165) is 5.69 Å². The molecule has 0 bridgehead atoms. The predicted molar refractivity (Wildman–Crippen MR) is 79.9 cm³/mol. The summed E-state index contributed by atoms with van der Waals surface area (Å²) >= 11 is 1.36. The van der Waals surface area contributed by atoms with E-state index in [4.69, 9.17) is 5.73 Å². The topological polar surface area (TPSA) is 85.1 Å². The van der Waals surface area contributed by atoms with Gasteiger partial charge in [0.25, 0.3) is 0 Å². The summed E-state index contributed by atoms with van der Waals surface area (Å²) < 4.78 is 0. The van der Waals surface area contributed by atoms with Crippen LogP contribution in [0.15, 0.2) is 29.6 Å². The molecule has 0 aliphatic heterocycles. The van der Waals surface area contributed by atoms with Gasteiger partial charge in [-0.05, 0) is 25.5 Å². The molecule has 0 atom stereocenters. The number of hydrogen-bond acceptors (Lipinski definition) is 5. The molecule has 20 heavy (non-hydrogen) atoms. The highest BCUT2D eigenvalue weighted by Gasteiger charge is 2.07. The number of rotatable bonds is 5. The van der Waals surface area contributed by atoms with Gasteiger partial charge in [0.2, 0.25) is 5.91 Å². The minimum atomic E-state index is -0.114. The maximum absolute atomic E-state index is 11.8. The highest BCUT2D eigenvalue weighted by atomic mass is 32.1. The molecule has 104 valence electrons. The number of thiazole rings is 1. The number of nitrogens with zero attached hydrogens (tertiary/aromatic N) is 1. The summed E-state index contributed by atoms with van der Waals surface area (Å²) in [5.41, 5.74) is 7.55. The Kier molecular flexibility index (Phi) is 4.47. The fourth-order valence-electron chi connectivity index (χ4n) is 1.72. The summed E-state index contributed by atoms with van der Waals surface area (Å²) in [7, 11) is 0. The molecule has 0 aliphatic carbocycles. The lowest BCUT2D eigenvalue weighted by Gasteiger charge is -2.05. The minimum absolute atomic E-state index is 0.0287. The summed E-state index contributed by atoms with van der Waals surface area (Å²) in [4.78, 5) is 27.2. The van der Waals surface area contributed by atoms with Crippen LogP contribution in [-0.2, 0) is 11.2 Å². The second kappa shape index (κ2) is 6.29. The third-order valence-corrected chi connectivity index (χ3v) is 3.45. The van der Waals surface area contributed by atoms with E-state index in [1.54, 1.807) is 24.3 Å². The summed E-state index contributed by atoms with van der Waals surface area (Å²) in [6.07, 6.45) is 0.874. The zero-order chi connectivity index (χ0) is 14.5. The van der Waals surface area contributed by atoms with Crippen molar-refractivity contribution in [3.8, 4) is 0 Å². The number of aryl methyl sites for hydroxylation is 1. The average molecular weight is 289 g/mol. The first-order valence-corrected chi connectivity index (χ1v) is 7.03. The molecule has 1 aromatic carbocycles. The third kappa shape index (κ3) is 3.89. The number of ketones is 1. The number of Topliss-reactive ketones (excluding diaryl/α,β-unsaturated/α-hetero) is 1. The summed E-state index contributed by atoms with van der Waals surface area (Å²) in [6, 6.07) is 6.88. The minimum Gasteiger partial charge on any atom is -0.375 e. The van der Waals surface area contributed by atoms with Gasteiger partial charge in [-0.2, -0.15) is 0 Å². The molecule has 0 radical (unpaired) electrons. The van der Waals surface area contributed by atoms with Crippen LogP contribution in [0.4, 0.5) is 10.8 Å². The lowest BCUT2D eigenvalue weighted by atomic mass is 10.1. The van der Waals surface area contributed by atoms with Gasteiger partial charge in [0, 0.05) is 23.1 Å². The highest BCUT2D eigenvalue weighted by Crippen LogP contribution is 2.14. The monoisotopic (exact) mass is 289 g/mol. The van der Waals surface area contributed by atoms with Crippen molar-refractivity contribution in [2.75, 3.05) is 11.1 Å². The molecule has 1 aromatic heterocycles. The molecule has 1 amide bonds. The molecule has 3 N–H and O–H groups in total. The highest BCUT2D eigenvalue weighted by molar-refractivity contribution is 7.13. The molecule has 0 saturated carbocycles. The number of benzene rings is 1. The van der Waals surface area contributed by atoms with E-state index in [1.165, 1.54) is 18.3 Å². The summed E-state index contributed by atoms with van der Waals surface area (Å²) in [6.45, 7) is 1.49. The van der Waals surface area contributed by atoms with Gasteiger partial charge in [-0.25, -0.2) is 4.98 Å². The van der Waals surface area contributed by atoms with Crippen molar-refractivity contribution in [2.45, 2.75) is 19.8 Å². The largest absolute Gasteiger partial charge is 0.375 e. The number of aromatic nitrogens is 1. The van der Waals surface area contributed by atoms with Crippen LogP contribution in [0, 0.1) is 0 Å². The van der Waals surface area contributed by atoms with Gasteiger partial charge in [0.15, 0.2) is 10.9 Å². The molecule has 5 nitrogen and oxygen atoms in total. The lowest BCUT2D eigenvalue weighted by Crippen LogP contribution is -2.12. The number of anilines is 2. The zero-order valence-electron chi connectivity index (χ0n) is 11.1. The first-order chi connectivity index (χ1) is 9.54. The van der Waals surface area contributed by atoms with Crippen molar-refractivity contribution >= 4 is 33.8 Å². The lowest BCUT2D eigenvalue weighted by molar-refractivity contribution is -0.116.